The van der Waals surface area contributed by atoms with Crippen LogP contribution in [0.5, 0.6) is 11.5 Å². The van der Waals surface area contributed by atoms with Gasteiger partial charge in [0.2, 0.25) is 0 Å². The number of benzene rings is 1. The predicted octanol–water partition coefficient (Wildman–Crippen LogP) is 2.87. The lowest BCUT2D eigenvalue weighted by molar-refractivity contribution is 0.168. The third kappa shape index (κ3) is 3.93. The topological polar surface area (TPSA) is 47.7 Å². The standard InChI is InChI=1S/C18H30N2O2/c1-4-9-20-10-7-14(8-11-20)17(13-19)16-6-5-15(21-2)12-18(16)22-3/h5-6,12,14,17H,4,7-11,13,19H2,1-3H3. The third-order valence-corrected chi connectivity index (χ3v) is 4.84. The fraction of sp³-hybridized carbons (Fsp3) is 0.667. The van der Waals surface area contributed by atoms with Crippen molar-refractivity contribution in [1.29, 1.82) is 0 Å². The summed E-state index contributed by atoms with van der Waals surface area (Å²) in [5, 5.41) is 0. The van der Waals surface area contributed by atoms with Crippen LogP contribution >= 0.6 is 0 Å². The van der Waals surface area contributed by atoms with Gasteiger partial charge in [0, 0.05) is 12.0 Å². The first kappa shape index (κ1) is 17.1. The summed E-state index contributed by atoms with van der Waals surface area (Å²) >= 11 is 0. The molecule has 1 heterocycles. The molecule has 0 bridgehead atoms. The van der Waals surface area contributed by atoms with Gasteiger partial charge in [0.05, 0.1) is 14.2 Å². The van der Waals surface area contributed by atoms with E-state index in [2.05, 4.69) is 17.9 Å². The fourth-order valence-corrected chi connectivity index (χ4v) is 3.59. The van der Waals surface area contributed by atoms with Crippen LogP contribution < -0.4 is 15.2 Å². The summed E-state index contributed by atoms with van der Waals surface area (Å²) in [6, 6.07) is 6.09. The van der Waals surface area contributed by atoms with Gasteiger partial charge in [-0.05, 0) is 63.0 Å². The van der Waals surface area contributed by atoms with Crippen LogP contribution in [0.25, 0.3) is 0 Å². The van der Waals surface area contributed by atoms with Gasteiger partial charge in [-0.2, -0.15) is 0 Å². The van der Waals surface area contributed by atoms with Crippen molar-refractivity contribution in [1.82, 2.24) is 4.90 Å². The normalized spacial score (nSPS) is 18.2. The third-order valence-electron chi connectivity index (χ3n) is 4.84. The molecule has 0 saturated carbocycles. The van der Waals surface area contributed by atoms with E-state index in [1.165, 1.54) is 44.5 Å². The summed E-state index contributed by atoms with van der Waals surface area (Å²) in [6.45, 7) is 6.50. The number of likely N-dealkylation sites (tertiary alicyclic amines) is 1. The van der Waals surface area contributed by atoms with Gasteiger partial charge in [-0.1, -0.05) is 13.0 Å². The zero-order valence-corrected chi connectivity index (χ0v) is 14.2. The number of rotatable bonds is 7. The van der Waals surface area contributed by atoms with E-state index in [9.17, 15) is 0 Å². The van der Waals surface area contributed by atoms with Crippen molar-refractivity contribution in [3.05, 3.63) is 23.8 Å². The molecule has 1 fully saturated rings. The molecule has 0 aliphatic carbocycles. The van der Waals surface area contributed by atoms with Crippen LogP contribution in [-0.2, 0) is 0 Å². The zero-order chi connectivity index (χ0) is 15.9. The van der Waals surface area contributed by atoms with Crippen molar-refractivity contribution in [2.75, 3.05) is 40.4 Å². The number of ether oxygens (including phenoxy) is 2. The lowest BCUT2D eigenvalue weighted by atomic mass is 9.79. The minimum Gasteiger partial charge on any atom is -0.497 e. The number of nitrogens with zero attached hydrogens (tertiary/aromatic N) is 1. The van der Waals surface area contributed by atoms with Crippen LogP contribution in [0.15, 0.2) is 18.2 Å². The van der Waals surface area contributed by atoms with Crippen LogP contribution in [0.1, 0.15) is 37.7 Å². The van der Waals surface area contributed by atoms with Crippen LogP contribution in [0, 0.1) is 5.92 Å². The molecule has 1 aliphatic heterocycles. The SMILES string of the molecule is CCCN1CCC(C(CN)c2ccc(OC)cc2OC)CC1. The van der Waals surface area contributed by atoms with Crippen LogP contribution in [0.4, 0.5) is 0 Å². The molecule has 124 valence electrons. The quantitative estimate of drug-likeness (QED) is 0.841. The molecule has 1 aliphatic rings. The monoisotopic (exact) mass is 306 g/mol. The van der Waals surface area contributed by atoms with Gasteiger partial charge >= 0.3 is 0 Å². The Morgan fingerprint density at radius 2 is 1.95 bits per heavy atom. The van der Waals surface area contributed by atoms with E-state index in [0.29, 0.717) is 18.4 Å². The van der Waals surface area contributed by atoms with Crippen molar-refractivity contribution in [3.8, 4) is 11.5 Å². The van der Waals surface area contributed by atoms with Crippen molar-refractivity contribution in [3.63, 3.8) is 0 Å². The van der Waals surface area contributed by atoms with Crippen molar-refractivity contribution < 1.29 is 9.47 Å². The molecule has 0 radical (unpaired) electrons. The number of methoxy groups -OCH3 is 2. The average Bonchev–Trinajstić information content (AvgIpc) is 2.57. The van der Waals surface area contributed by atoms with Gasteiger partial charge in [0.15, 0.2) is 0 Å². The summed E-state index contributed by atoms with van der Waals surface area (Å²) in [5.74, 6) is 2.73. The molecule has 0 spiro atoms. The Morgan fingerprint density at radius 1 is 1.23 bits per heavy atom. The maximum absolute atomic E-state index is 6.12. The first-order chi connectivity index (χ1) is 10.7. The zero-order valence-electron chi connectivity index (χ0n) is 14.2. The van der Waals surface area contributed by atoms with Crippen molar-refractivity contribution >= 4 is 0 Å². The molecule has 1 aromatic carbocycles. The minimum absolute atomic E-state index is 0.365. The number of hydrogen-bond donors (Lipinski definition) is 1. The molecule has 0 amide bonds. The highest BCUT2D eigenvalue weighted by molar-refractivity contribution is 5.43. The highest BCUT2D eigenvalue weighted by atomic mass is 16.5. The number of piperidine rings is 1. The predicted molar refractivity (Wildman–Crippen MR) is 90.8 cm³/mol. The molecule has 0 aromatic heterocycles. The lowest BCUT2D eigenvalue weighted by Gasteiger charge is -2.36. The Balaban J connectivity index is 2.12. The van der Waals surface area contributed by atoms with Gasteiger partial charge in [-0.25, -0.2) is 0 Å². The fourth-order valence-electron chi connectivity index (χ4n) is 3.59. The molecule has 1 atom stereocenters. The lowest BCUT2D eigenvalue weighted by Crippen LogP contribution is -2.37. The Kier molecular flexibility index (Phi) is 6.52. The van der Waals surface area contributed by atoms with E-state index >= 15 is 0 Å². The first-order valence-electron chi connectivity index (χ1n) is 8.37. The minimum atomic E-state index is 0.365. The molecule has 1 saturated heterocycles. The largest absolute Gasteiger partial charge is 0.497 e. The molecular formula is C18H30N2O2. The molecule has 1 unspecified atom stereocenters. The Hall–Kier alpha value is -1.26. The van der Waals surface area contributed by atoms with Gasteiger partial charge in [-0.15, -0.1) is 0 Å². The highest BCUT2D eigenvalue weighted by Gasteiger charge is 2.28. The second-order valence-electron chi connectivity index (χ2n) is 6.13. The Bertz CT molecular complexity index is 456. The van der Waals surface area contributed by atoms with Crippen molar-refractivity contribution in [2.24, 2.45) is 11.7 Å². The Morgan fingerprint density at radius 3 is 2.50 bits per heavy atom. The van der Waals surface area contributed by atoms with E-state index in [1.54, 1.807) is 14.2 Å². The van der Waals surface area contributed by atoms with Crippen LogP contribution in [-0.4, -0.2) is 45.3 Å². The summed E-state index contributed by atoms with van der Waals surface area (Å²) in [4.78, 5) is 2.56. The van der Waals surface area contributed by atoms with E-state index in [4.69, 9.17) is 15.2 Å². The molecule has 4 heteroatoms. The maximum atomic E-state index is 6.12. The van der Waals surface area contributed by atoms with Gasteiger partial charge in [0.25, 0.3) is 0 Å². The smallest absolute Gasteiger partial charge is 0.126 e. The molecule has 2 N–H and O–H groups in total. The van der Waals surface area contributed by atoms with E-state index in [-0.39, 0.29) is 0 Å². The summed E-state index contributed by atoms with van der Waals surface area (Å²) in [6.07, 6.45) is 3.67. The molecule has 22 heavy (non-hydrogen) atoms. The van der Waals surface area contributed by atoms with E-state index in [1.807, 2.05) is 12.1 Å². The van der Waals surface area contributed by atoms with E-state index < -0.39 is 0 Å². The molecule has 2 rings (SSSR count). The second kappa shape index (κ2) is 8.39. The van der Waals surface area contributed by atoms with Gasteiger partial charge in [0.1, 0.15) is 11.5 Å². The number of nitrogens with two attached hydrogens (primary N) is 1. The van der Waals surface area contributed by atoms with Crippen LogP contribution in [0.3, 0.4) is 0 Å². The summed E-state index contributed by atoms with van der Waals surface area (Å²) < 4.78 is 10.9. The summed E-state index contributed by atoms with van der Waals surface area (Å²) in [5.41, 5.74) is 7.34. The van der Waals surface area contributed by atoms with E-state index in [0.717, 1.165) is 11.5 Å². The molecule has 1 aromatic rings. The molecule has 4 nitrogen and oxygen atoms in total. The first-order valence-corrected chi connectivity index (χ1v) is 8.37. The number of hydrogen-bond acceptors (Lipinski definition) is 4. The van der Waals surface area contributed by atoms with Gasteiger partial charge in [-0.3, -0.25) is 0 Å². The second-order valence-corrected chi connectivity index (χ2v) is 6.13. The highest BCUT2D eigenvalue weighted by Crippen LogP contribution is 2.38. The van der Waals surface area contributed by atoms with Gasteiger partial charge < -0.3 is 20.1 Å². The Labute approximate surface area is 134 Å². The maximum Gasteiger partial charge on any atom is 0.126 e. The molecular weight excluding hydrogens is 276 g/mol. The summed E-state index contributed by atoms with van der Waals surface area (Å²) in [7, 11) is 3.40. The average molecular weight is 306 g/mol. The van der Waals surface area contributed by atoms with Crippen LogP contribution in [0.2, 0.25) is 0 Å². The van der Waals surface area contributed by atoms with Crippen molar-refractivity contribution in [2.45, 2.75) is 32.1 Å².